The average Bonchev–Trinajstić information content (AvgIpc) is 2.52. The maximum atomic E-state index is 11.6. The number of imide groups is 1. The third-order valence-electron chi connectivity index (χ3n) is 2.26. The quantitative estimate of drug-likeness (QED) is 0.797. The van der Waals surface area contributed by atoms with Gasteiger partial charge in [-0.1, -0.05) is 17.7 Å². The van der Waals surface area contributed by atoms with Gasteiger partial charge < -0.3 is 5.11 Å². The van der Waals surface area contributed by atoms with Crippen LogP contribution in [0, 0.1) is 0 Å². The molecule has 0 bridgehead atoms. The summed E-state index contributed by atoms with van der Waals surface area (Å²) in [5.41, 5.74) is 0.659. The topological polar surface area (TPSA) is 57.6 Å². The molecule has 0 unspecified atom stereocenters. The number of carbonyl (C=O) groups is 2. The standard InChI is InChI=1S/C11H8ClNO3S/c1-13-10(15)9(17-11(13)16)5-6-2-3-8(14)7(12)4-6/h2-5,14H,1H3/b9-5+. The van der Waals surface area contributed by atoms with Crippen molar-refractivity contribution >= 4 is 40.6 Å². The van der Waals surface area contributed by atoms with Gasteiger partial charge in [0.05, 0.1) is 9.93 Å². The molecule has 1 aromatic rings. The number of phenols is 1. The molecule has 1 aliphatic rings. The van der Waals surface area contributed by atoms with E-state index in [2.05, 4.69) is 0 Å². The number of thioether (sulfide) groups is 1. The average molecular weight is 270 g/mol. The highest BCUT2D eigenvalue weighted by atomic mass is 35.5. The summed E-state index contributed by atoms with van der Waals surface area (Å²) in [7, 11) is 1.43. The smallest absolute Gasteiger partial charge is 0.293 e. The Kier molecular flexibility index (Phi) is 3.13. The summed E-state index contributed by atoms with van der Waals surface area (Å²) < 4.78 is 0. The van der Waals surface area contributed by atoms with E-state index in [1.54, 1.807) is 12.1 Å². The number of likely N-dealkylation sites (N-methyl/N-ethyl adjacent to an activating group) is 1. The molecule has 0 spiro atoms. The Labute approximate surface area is 107 Å². The molecule has 0 atom stereocenters. The number of amides is 2. The minimum absolute atomic E-state index is 0.0209. The van der Waals surface area contributed by atoms with Gasteiger partial charge in [-0.25, -0.2) is 0 Å². The summed E-state index contributed by atoms with van der Waals surface area (Å²) >= 11 is 6.62. The lowest BCUT2D eigenvalue weighted by Crippen LogP contribution is -2.22. The van der Waals surface area contributed by atoms with Crippen molar-refractivity contribution in [3.05, 3.63) is 33.7 Å². The van der Waals surface area contributed by atoms with Crippen LogP contribution in [0.25, 0.3) is 6.08 Å². The van der Waals surface area contributed by atoms with Gasteiger partial charge >= 0.3 is 0 Å². The van der Waals surface area contributed by atoms with Crippen molar-refractivity contribution < 1.29 is 14.7 Å². The Hall–Kier alpha value is -1.46. The van der Waals surface area contributed by atoms with Crippen LogP contribution in [-0.2, 0) is 4.79 Å². The van der Waals surface area contributed by atoms with Gasteiger partial charge in [0.2, 0.25) is 0 Å². The summed E-state index contributed by atoms with van der Waals surface area (Å²) in [5, 5.41) is 9.16. The molecule has 17 heavy (non-hydrogen) atoms. The first-order chi connectivity index (χ1) is 7.99. The van der Waals surface area contributed by atoms with E-state index in [0.717, 1.165) is 16.7 Å². The molecule has 1 N–H and O–H groups in total. The minimum Gasteiger partial charge on any atom is -0.506 e. The van der Waals surface area contributed by atoms with E-state index in [0.29, 0.717) is 10.5 Å². The lowest BCUT2D eigenvalue weighted by molar-refractivity contribution is -0.121. The fourth-order valence-electron chi connectivity index (χ4n) is 1.31. The predicted octanol–water partition coefficient (Wildman–Crippen LogP) is 2.71. The van der Waals surface area contributed by atoms with E-state index < -0.39 is 0 Å². The monoisotopic (exact) mass is 269 g/mol. The Bertz CT molecular complexity index is 542. The van der Waals surface area contributed by atoms with Gasteiger partial charge in [-0.05, 0) is 35.5 Å². The highest BCUT2D eigenvalue weighted by Gasteiger charge is 2.31. The van der Waals surface area contributed by atoms with Gasteiger partial charge in [-0.15, -0.1) is 0 Å². The molecule has 1 saturated heterocycles. The van der Waals surface area contributed by atoms with Crippen molar-refractivity contribution in [1.82, 2.24) is 4.90 Å². The first kappa shape index (κ1) is 12.0. The first-order valence-electron chi connectivity index (χ1n) is 4.69. The zero-order valence-corrected chi connectivity index (χ0v) is 10.4. The number of hydrogen-bond acceptors (Lipinski definition) is 4. The van der Waals surface area contributed by atoms with Crippen LogP contribution >= 0.6 is 23.4 Å². The molecule has 6 heteroatoms. The lowest BCUT2D eigenvalue weighted by Gasteiger charge is -2.01. The summed E-state index contributed by atoms with van der Waals surface area (Å²) in [5.74, 6) is -0.350. The molecule has 0 aromatic heterocycles. The minimum atomic E-state index is -0.329. The second-order valence-electron chi connectivity index (χ2n) is 3.45. The normalized spacial score (nSPS) is 18.2. The van der Waals surface area contributed by atoms with E-state index in [1.165, 1.54) is 19.2 Å². The lowest BCUT2D eigenvalue weighted by atomic mass is 10.2. The van der Waals surface area contributed by atoms with Crippen LogP contribution < -0.4 is 0 Å². The van der Waals surface area contributed by atoms with Gasteiger partial charge in [-0.3, -0.25) is 14.5 Å². The van der Waals surface area contributed by atoms with Crippen molar-refractivity contribution in [1.29, 1.82) is 0 Å². The summed E-state index contributed by atoms with van der Waals surface area (Å²) in [4.78, 5) is 24.3. The van der Waals surface area contributed by atoms with Crippen LogP contribution in [0.15, 0.2) is 23.1 Å². The molecular weight excluding hydrogens is 262 g/mol. The number of hydrogen-bond donors (Lipinski definition) is 1. The van der Waals surface area contributed by atoms with Crippen LogP contribution in [0.3, 0.4) is 0 Å². The zero-order valence-electron chi connectivity index (χ0n) is 8.81. The third-order valence-corrected chi connectivity index (χ3v) is 3.52. The number of rotatable bonds is 1. The molecule has 0 aliphatic carbocycles. The first-order valence-corrected chi connectivity index (χ1v) is 5.88. The fraction of sp³-hybridized carbons (Fsp3) is 0.0909. The Morgan fingerprint density at radius 3 is 2.65 bits per heavy atom. The summed E-state index contributed by atoms with van der Waals surface area (Å²) in [6.07, 6.45) is 1.57. The predicted molar refractivity (Wildman–Crippen MR) is 66.9 cm³/mol. The molecule has 2 amide bonds. The van der Waals surface area contributed by atoms with Crippen LogP contribution in [0.2, 0.25) is 5.02 Å². The van der Waals surface area contributed by atoms with Crippen molar-refractivity contribution in [3.63, 3.8) is 0 Å². The number of halogens is 1. The summed E-state index contributed by atoms with van der Waals surface area (Å²) in [6.45, 7) is 0. The second-order valence-corrected chi connectivity index (χ2v) is 4.85. The third kappa shape index (κ3) is 2.30. The number of phenolic OH excluding ortho intramolecular Hbond substituents is 1. The number of benzene rings is 1. The van der Waals surface area contributed by atoms with Crippen LogP contribution in [0.1, 0.15) is 5.56 Å². The molecule has 0 saturated carbocycles. The largest absolute Gasteiger partial charge is 0.506 e. The van der Waals surface area contributed by atoms with E-state index in [-0.39, 0.29) is 21.9 Å². The molecule has 4 nitrogen and oxygen atoms in total. The Morgan fingerprint density at radius 2 is 2.12 bits per heavy atom. The fourth-order valence-corrected chi connectivity index (χ4v) is 2.33. The molecule has 1 aromatic carbocycles. The van der Waals surface area contributed by atoms with Crippen molar-refractivity contribution in [3.8, 4) is 5.75 Å². The molecular formula is C11H8ClNO3S. The maximum Gasteiger partial charge on any atom is 0.293 e. The van der Waals surface area contributed by atoms with Crippen LogP contribution in [-0.4, -0.2) is 28.2 Å². The van der Waals surface area contributed by atoms with Crippen molar-refractivity contribution in [2.45, 2.75) is 0 Å². The number of aromatic hydroxyl groups is 1. The highest BCUT2D eigenvalue weighted by molar-refractivity contribution is 8.18. The highest BCUT2D eigenvalue weighted by Crippen LogP contribution is 2.32. The van der Waals surface area contributed by atoms with Gasteiger partial charge in [0, 0.05) is 7.05 Å². The van der Waals surface area contributed by atoms with E-state index >= 15 is 0 Å². The van der Waals surface area contributed by atoms with Crippen LogP contribution in [0.5, 0.6) is 5.75 Å². The molecule has 1 heterocycles. The van der Waals surface area contributed by atoms with Gasteiger partial charge in [0.1, 0.15) is 5.75 Å². The number of carbonyl (C=O) groups excluding carboxylic acids is 2. The van der Waals surface area contributed by atoms with Crippen molar-refractivity contribution in [2.75, 3.05) is 7.05 Å². The zero-order chi connectivity index (χ0) is 12.6. The molecule has 1 fully saturated rings. The molecule has 1 aliphatic heterocycles. The van der Waals surface area contributed by atoms with Crippen molar-refractivity contribution in [2.24, 2.45) is 0 Å². The molecule has 88 valence electrons. The van der Waals surface area contributed by atoms with Gasteiger partial charge in [-0.2, -0.15) is 0 Å². The maximum absolute atomic E-state index is 11.6. The van der Waals surface area contributed by atoms with E-state index in [1.807, 2.05) is 0 Å². The number of nitrogens with zero attached hydrogens (tertiary/aromatic N) is 1. The second kappa shape index (κ2) is 4.43. The Balaban J connectivity index is 2.34. The van der Waals surface area contributed by atoms with Gasteiger partial charge in [0.25, 0.3) is 11.1 Å². The molecule has 0 radical (unpaired) electrons. The van der Waals surface area contributed by atoms with E-state index in [4.69, 9.17) is 11.6 Å². The summed E-state index contributed by atoms with van der Waals surface area (Å²) in [6, 6.07) is 4.58. The SMILES string of the molecule is CN1C(=O)S/C(=C/c2ccc(O)c(Cl)c2)C1=O. The van der Waals surface area contributed by atoms with Gasteiger partial charge in [0.15, 0.2) is 0 Å². The van der Waals surface area contributed by atoms with Crippen LogP contribution in [0.4, 0.5) is 4.79 Å². The molecule has 2 rings (SSSR count). The van der Waals surface area contributed by atoms with E-state index in [9.17, 15) is 14.7 Å². The Morgan fingerprint density at radius 1 is 1.41 bits per heavy atom.